The number of amides is 1. The van der Waals surface area contributed by atoms with Gasteiger partial charge in [0.1, 0.15) is 11.6 Å². The number of thioether (sulfide) groups is 1. The standard InChI is InChI=1S/C22H19ClN4O2S/c23-17-8-10-18(11-9-17)27-20(13-16-5-2-1-3-6-16)25-26-22(27)30-15-21(28)24-14-19-7-4-12-29-19/h1-12H,13-15H2,(H,24,28). The van der Waals surface area contributed by atoms with E-state index in [0.29, 0.717) is 28.9 Å². The molecule has 152 valence electrons. The molecule has 4 rings (SSSR count). The molecule has 2 aromatic heterocycles. The third kappa shape index (κ3) is 5.11. The van der Waals surface area contributed by atoms with Gasteiger partial charge in [0, 0.05) is 17.1 Å². The minimum absolute atomic E-state index is 0.105. The van der Waals surface area contributed by atoms with E-state index >= 15 is 0 Å². The molecule has 0 atom stereocenters. The van der Waals surface area contributed by atoms with Gasteiger partial charge < -0.3 is 9.73 Å². The molecule has 0 fully saturated rings. The summed E-state index contributed by atoms with van der Waals surface area (Å²) in [7, 11) is 0. The Balaban J connectivity index is 1.51. The number of benzene rings is 2. The normalized spacial score (nSPS) is 10.8. The van der Waals surface area contributed by atoms with Gasteiger partial charge in [0.05, 0.1) is 18.6 Å². The van der Waals surface area contributed by atoms with Crippen LogP contribution in [0.15, 0.2) is 82.6 Å². The average molecular weight is 439 g/mol. The fraction of sp³-hybridized carbons (Fsp3) is 0.136. The van der Waals surface area contributed by atoms with Crippen molar-refractivity contribution in [1.29, 1.82) is 0 Å². The summed E-state index contributed by atoms with van der Waals surface area (Å²) in [6.45, 7) is 0.357. The van der Waals surface area contributed by atoms with Crippen molar-refractivity contribution >= 4 is 29.3 Å². The molecule has 1 amide bonds. The summed E-state index contributed by atoms with van der Waals surface area (Å²) in [4.78, 5) is 12.3. The third-order valence-corrected chi connectivity index (χ3v) is 5.54. The maximum atomic E-state index is 12.3. The summed E-state index contributed by atoms with van der Waals surface area (Å²) >= 11 is 7.39. The zero-order valence-corrected chi connectivity index (χ0v) is 17.6. The first-order chi connectivity index (χ1) is 14.7. The van der Waals surface area contributed by atoms with Crippen LogP contribution >= 0.6 is 23.4 Å². The molecule has 2 aromatic carbocycles. The molecule has 1 N–H and O–H groups in total. The average Bonchev–Trinajstić information content (AvgIpc) is 3.42. The quantitative estimate of drug-likeness (QED) is 0.410. The number of carbonyl (C=O) groups is 1. The van der Waals surface area contributed by atoms with Crippen LogP contribution in [0.25, 0.3) is 5.69 Å². The van der Waals surface area contributed by atoms with Gasteiger partial charge in [0.25, 0.3) is 0 Å². The number of hydrogen-bond donors (Lipinski definition) is 1. The lowest BCUT2D eigenvalue weighted by atomic mass is 10.1. The predicted octanol–water partition coefficient (Wildman–Crippen LogP) is 4.51. The van der Waals surface area contributed by atoms with Crippen LogP contribution in [0.3, 0.4) is 0 Å². The number of nitrogens with one attached hydrogen (secondary N) is 1. The maximum Gasteiger partial charge on any atom is 0.230 e. The molecule has 0 bridgehead atoms. The van der Waals surface area contributed by atoms with E-state index in [9.17, 15) is 4.79 Å². The van der Waals surface area contributed by atoms with E-state index < -0.39 is 0 Å². The first-order valence-electron chi connectivity index (χ1n) is 9.35. The topological polar surface area (TPSA) is 73.0 Å². The van der Waals surface area contributed by atoms with Crippen LogP contribution in [0.5, 0.6) is 0 Å². The number of halogens is 1. The molecule has 0 spiro atoms. The largest absolute Gasteiger partial charge is 0.467 e. The zero-order chi connectivity index (χ0) is 20.8. The lowest BCUT2D eigenvalue weighted by Gasteiger charge is -2.10. The molecule has 0 aliphatic carbocycles. The summed E-state index contributed by atoms with van der Waals surface area (Å²) < 4.78 is 7.20. The van der Waals surface area contributed by atoms with Crippen LogP contribution < -0.4 is 5.32 Å². The molecule has 30 heavy (non-hydrogen) atoms. The first-order valence-corrected chi connectivity index (χ1v) is 10.7. The summed E-state index contributed by atoms with van der Waals surface area (Å²) in [6, 6.07) is 21.2. The Morgan fingerprint density at radius 2 is 1.83 bits per heavy atom. The molecule has 0 unspecified atom stereocenters. The monoisotopic (exact) mass is 438 g/mol. The number of rotatable bonds is 8. The number of hydrogen-bond acceptors (Lipinski definition) is 5. The Kier molecular flexibility index (Phi) is 6.51. The van der Waals surface area contributed by atoms with Crippen molar-refractivity contribution in [2.45, 2.75) is 18.1 Å². The van der Waals surface area contributed by atoms with E-state index in [4.69, 9.17) is 16.0 Å². The van der Waals surface area contributed by atoms with Gasteiger partial charge in [-0.1, -0.05) is 53.7 Å². The van der Waals surface area contributed by atoms with Gasteiger partial charge in [-0.25, -0.2) is 0 Å². The molecule has 0 saturated carbocycles. The van der Waals surface area contributed by atoms with E-state index in [0.717, 1.165) is 17.1 Å². The van der Waals surface area contributed by atoms with Gasteiger partial charge in [-0.15, -0.1) is 10.2 Å². The smallest absolute Gasteiger partial charge is 0.230 e. The van der Waals surface area contributed by atoms with E-state index in [1.165, 1.54) is 11.8 Å². The van der Waals surface area contributed by atoms with Crippen LogP contribution in [0.4, 0.5) is 0 Å². The molecular formula is C22H19ClN4O2S. The number of furan rings is 1. The molecule has 0 aliphatic heterocycles. The SMILES string of the molecule is O=C(CSc1nnc(Cc2ccccc2)n1-c1ccc(Cl)cc1)NCc1ccco1. The highest BCUT2D eigenvalue weighted by Crippen LogP contribution is 2.24. The maximum absolute atomic E-state index is 12.3. The van der Waals surface area contributed by atoms with Crippen molar-refractivity contribution in [2.75, 3.05) is 5.75 Å². The van der Waals surface area contributed by atoms with E-state index in [2.05, 4.69) is 27.6 Å². The van der Waals surface area contributed by atoms with E-state index in [-0.39, 0.29) is 11.7 Å². The van der Waals surface area contributed by atoms with Crippen LogP contribution in [0.1, 0.15) is 17.1 Å². The lowest BCUT2D eigenvalue weighted by molar-refractivity contribution is -0.118. The fourth-order valence-corrected chi connectivity index (χ4v) is 3.84. The molecule has 8 heteroatoms. The predicted molar refractivity (Wildman–Crippen MR) is 117 cm³/mol. The summed E-state index contributed by atoms with van der Waals surface area (Å²) in [5.74, 6) is 1.62. The van der Waals surface area contributed by atoms with Crippen molar-refractivity contribution in [3.63, 3.8) is 0 Å². The van der Waals surface area contributed by atoms with Gasteiger partial charge in [-0.2, -0.15) is 0 Å². The minimum atomic E-state index is -0.105. The van der Waals surface area contributed by atoms with Crippen molar-refractivity contribution in [1.82, 2.24) is 20.1 Å². The summed E-state index contributed by atoms with van der Waals surface area (Å²) in [6.07, 6.45) is 2.21. The van der Waals surface area contributed by atoms with Crippen LogP contribution in [-0.2, 0) is 17.8 Å². The highest BCUT2D eigenvalue weighted by molar-refractivity contribution is 7.99. The van der Waals surface area contributed by atoms with Crippen molar-refractivity contribution < 1.29 is 9.21 Å². The highest BCUT2D eigenvalue weighted by atomic mass is 35.5. The third-order valence-electron chi connectivity index (χ3n) is 4.36. The Morgan fingerprint density at radius 3 is 2.57 bits per heavy atom. The van der Waals surface area contributed by atoms with E-state index in [1.807, 2.05) is 53.1 Å². The van der Waals surface area contributed by atoms with E-state index in [1.54, 1.807) is 12.3 Å². The molecule has 0 saturated heterocycles. The van der Waals surface area contributed by atoms with Crippen molar-refractivity contribution in [3.8, 4) is 5.69 Å². The van der Waals surface area contributed by atoms with Crippen LogP contribution in [0, 0.1) is 0 Å². The number of aromatic nitrogens is 3. The van der Waals surface area contributed by atoms with Gasteiger partial charge in [0.15, 0.2) is 5.16 Å². The number of carbonyl (C=O) groups excluding carboxylic acids is 1. The molecular weight excluding hydrogens is 420 g/mol. The Labute approximate surface area is 183 Å². The number of nitrogens with zero attached hydrogens (tertiary/aromatic N) is 3. The van der Waals surface area contributed by atoms with Gasteiger partial charge in [-0.05, 0) is 42.0 Å². The Hall–Kier alpha value is -3.03. The molecule has 6 nitrogen and oxygen atoms in total. The molecule has 0 aliphatic rings. The van der Waals surface area contributed by atoms with Gasteiger partial charge >= 0.3 is 0 Å². The fourth-order valence-electron chi connectivity index (χ4n) is 2.92. The zero-order valence-electron chi connectivity index (χ0n) is 16.0. The Bertz CT molecular complexity index is 1100. The van der Waals surface area contributed by atoms with Crippen molar-refractivity contribution in [2.24, 2.45) is 0 Å². The van der Waals surface area contributed by atoms with Crippen molar-refractivity contribution in [3.05, 3.63) is 95.2 Å². The van der Waals surface area contributed by atoms with Gasteiger partial charge in [0.2, 0.25) is 5.91 Å². The minimum Gasteiger partial charge on any atom is -0.467 e. The van der Waals surface area contributed by atoms with Gasteiger partial charge in [-0.3, -0.25) is 9.36 Å². The van der Waals surface area contributed by atoms with Crippen LogP contribution in [0.2, 0.25) is 5.02 Å². The summed E-state index contributed by atoms with van der Waals surface area (Å²) in [5, 5.41) is 12.9. The lowest BCUT2D eigenvalue weighted by Crippen LogP contribution is -2.24. The highest BCUT2D eigenvalue weighted by Gasteiger charge is 2.16. The second-order valence-electron chi connectivity index (χ2n) is 6.52. The van der Waals surface area contributed by atoms with Crippen LogP contribution in [-0.4, -0.2) is 26.4 Å². The molecule has 2 heterocycles. The molecule has 0 radical (unpaired) electrons. The second-order valence-corrected chi connectivity index (χ2v) is 7.90. The second kappa shape index (κ2) is 9.65. The molecule has 4 aromatic rings. The summed E-state index contributed by atoms with van der Waals surface area (Å²) in [5.41, 5.74) is 2.03. The Morgan fingerprint density at radius 1 is 1.03 bits per heavy atom. The first kappa shape index (κ1) is 20.3.